The monoisotopic (exact) mass is 687 g/mol. The van der Waals surface area contributed by atoms with Gasteiger partial charge >= 0.3 is 0 Å². The molecule has 0 unspecified atom stereocenters. The van der Waals surface area contributed by atoms with Crippen LogP contribution >= 0.6 is 38.6 Å². The molecular weight excluding hydrogens is 662 g/mol. The van der Waals surface area contributed by atoms with Crippen LogP contribution in [0.2, 0.25) is 0 Å². The van der Waals surface area contributed by atoms with Crippen LogP contribution in [0.25, 0.3) is 10.4 Å². The predicted octanol–water partition coefficient (Wildman–Crippen LogP) is 6.35. The van der Waals surface area contributed by atoms with E-state index in [2.05, 4.69) is 42.1 Å². The molecule has 0 atom stereocenters. The third-order valence-corrected chi connectivity index (χ3v) is 9.09. The highest BCUT2D eigenvalue weighted by molar-refractivity contribution is 9.10. The molecule has 9 nitrogen and oxygen atoms in total. The zero-order chi connectivity index (χ0) is 31.1. The van der Waals surface area contributed by atoms with Crippen LogP contribution in [0.15, 0.2) is 100 Å². The summed E-state index contributed by atoms with van der Waals surface area (Å²) in [5.74, 6) is -0.906. The van der Waals surface area contributed by atoms with Crippen molar-refractivity contribution in [2.45, 2.75) is 20.0 Å². The van der Waals surface area contributed by atoms with Gasteiger partial charge in [0.15, 0.2) is 0 Å². The molecule has 0 aliphatic heterocycles. The molecule has 3 heterocycles. The first kappa shape index (κ1) is 30.8. The molecule has 0 saturated heterocycles. The Kier molecular flexibility index (Phi) is 9.95. The van der Waals surface area contributed by atoms with E-state index in [0.717, 1.165) is 32.6 Å². The number of benzene rings is 2. The van der Waals surface area contributed by atoms with Crippen molar-refractivity contribution >= 4 is 62.0 Å². The Morgan fingerprint density at radius 2 is 1.57 bits per heavy atom. The first-order valence-corrected chi connectivity index (χ1v) is 15.8. The van der Waals surface area contributed by atoms with Crippen molar-refractivity contribution in [3.63, 3.8) is 0 Å². The van der Waals surface area contributed by atoms with E-state index in [0.29, 0.717) is 38.0 Å². The van der Waals surface area contributed by atoms with Crippen LogP contribution in [0, 0.1) is 0 Å². The van der Waals surface area contributed by atoms with Crippen LogP contribution in [-0.2, 0) is 13.1 Å². The number of amides is 3. The maximum absolute atomic E-state index is 12.7. The molecule has 0 aliphatic carbocycles. The van der Waals surface area contributed by atoms with Gasteiger partial charge in [-0.1, -0.05) is 46.3 Å². The van der Waals surface area contributed by atoms with Crippen LogP contribution in [0.1, 0.15) is 53.4 Å². The van der Waals surface area contributed by atoms with E-state index in [4.69, 9.17) is 0 Å². The predicted molar refractivity (Wildman–Crippen MR) is 176 cm³/mol. The molecule has 5 aromatic rings. The van der Waals surface area contributed by atoms with Gasteiger partial charge in [0.05, 0.1) is 38.1 Å². The first-order valence-electron chi connectivity index (χ1n) is 13.3. The van der Waals surface area contributed by atoms with Crippen LogP contribution in [-0.4, -0.2) is 33.5 Å². The van der Waals surface area contributed by atoms with Gasteiger partial charge in [0.25, 0.3) is 17.7 Å². The highest BCUT2D eigenvalue weighted by Gasteiger charge is 2.17. The molecule has 5 rings (SSSR count). The lowest BCUT2D eigenvalue weighted by Crippen LogP contribution is -2.24. The van der Waals surface area contributed by atoms with Crippen LogP contribution in [0.4, 0.5) is 0 Å². The summed E-state index contributed by atoms with van der Waals surface area (Å²) in [6.45, 7) is 2.28. The summed E-state index contributed by atoms with van der Waals surface area (Å²) in [7, 11) is 0. The van der Waals surface area contributed by atoms with Crippen molar-refractivity contribution in [3.8, 4) is 16.2 Å². The zero-order valence-corrected chi connectivity index (χ0v) is 26.6. The van der Waals surface area contributed by atoms with Gasteiger partial charge in [-0.05, 0) is 66.6 Å². The zero-order valence-electron chi connectivity index (χ0n) is 23.3. The normalized spacial score (nSPS) is 11.2. The first-order chi connectivity index (χ1) is 21.3. The summed E-state index contributed by atoms with van der Waals surface area (Å²) in [5.41, 5.74) is 6.44. The van der Waals surface area contributed by atoms with Gasteiger partial charge < -0.3 is 15.7 Å². The maximum atomic E-state index is 12.7. The molecule has 3 amide bonds. The molecule has 4 N–H and O–H groups in total. The Balaban J connectivity index is 1.12. The van der Waals surface area contributed by atoms with E-state index in [9.17, 15) is 19.5 Å². The fourth-order valence-electron chi connectivity index (χ4n) is 4.07. The number of nitrogens with zero attached hydrogens (tertiary/aromatic N) is 2. The second kappa shape index (κ2) is 14.2. The lowest BCUT2D eigenvalue weighted by Gasteiger charge is -2.07. The molecular formula is C32H26BrN5O4S2. The standard InChI is InChI=1S/C32H26BrN5O4S2/c1-19(25-18-43-29(28(25)39)21-9-11-23(33)12-10-21)37-38-32(42)27-14-13-26(44-27)31(41)35-16-20-5-7-22(8-6-20)30(40)36-17-24-4-2-3-15-34-24/h2-15,18,39H,16-17H2,1H3,(H,35,41)(H,36,40)(H,38,42)/b37-19+. The van der Waals surface area contributed by atoms with Gasteiger partial charge in [0.1, 0.15) is 5.75 Å². The van der Waals surface area contributed by atoms with E-state index >= 15 is 0 Å². The Morgan fingerprint density at radius 1 is 0.864 bits per heavy atom. The molecule has 0 bridgehead atoms. The summed E-state index contributed by atoms with van der Waals surface area (Å²) in [5, 5.41) is 22.4. The number of aromatic nitrogens is 1. The van der Waals surface area contributed by atoms with Gasteiger partial charge in [-0.15, -0.1) is 22.7 Å². The Bertz CT molecular complexity index is 1820. The van der Waals surface area contributed by atoms with Gasteiger partial charge in [-0.3, -0.25) is 19.4 Å². The van der Waals surface area contributed by atoms with Crippen molar-refractivity contribution < 1.29 is 19.5 Å². The van der Waals surface area contributed by atoms with Crippen LogP contribution in [0.3, 0.4) is 0 Å². The molecule has 12 heteroatoms. The van der Waals surface area contributed by atoms with Crippen molar-refractivity contribution in [2.75, 3.05) is 0 Å². The molecule has 0 saturated carbocycles. The molecule has 0 fully saturated rings. The smallest absolute Gasteiger partial charge is 0.281 e. The Labute approximate surface area is 269 Å². The lowest BCUT2D eigenvalue weighted by atomic mass is 10.1. The quantitative estimate of drug-likeness (QED) is 0.100. The average Bonchev–Trinajstić information content (AvgIpc) is 3.70. The third-order valence-electron chi connectivity index (χ3n) is 6.47. The van der Waals surface area contributed by atoms with E-state index in [1.165, 1.54) is 11.3 Å². The molecule has 3 aromatic heterocycles. The fourth-order valence-corrected chi connectivity index (χ4v) is 6.15. The van der Waals surface area contributed by atoms with E-state index < -0.39 is 5.91 Å². The fraction of sp³-hybridized carbons (Fsp3) is 0.0938. The second-order valence-corrected chi connectivity index (χ2v) is 12.4. The van der Waals surface area contributed by atoms with Crippen molar-refractivity contribution in [1.82, 2.24) is 21.0 Å². The minimum atomic E-state index is -0.465. The van der Waals surface area contributed by atoms with Crippen molar-refractivity contribution in [1.29, 1.82) is 0 Å². The highest BCUT2D eigenvalue weighted by Crippen LogP contribution is 2.39. The Morgan fingerprint density at radius 3 is 2.27 bits per heavy atom. The summed E-state index contributed by atoms with van der Waals surface area (Å²) < 4.78 is 0.942. The van der Waals surface area contributed by atoms with Gasteiger partial charge in [0.2, 0.25) is 0 Å². The van der Waals surface area contributed by atoms with E-state index in [-0.39, 0.29) is 24.1 Å². The van der Waals surface area contributed by atoms with Crippen LogP contribution < -0.4 is 16.1 Å². The summed E-state index contributed by atoms with van der Waals surface area (Å²) in [4.78, 5) is 43.4. The Hall–Kier alpha value is -4.65. The maximum Gasteiger partial charge on any atom is 0.281 e. The topological polar surface area (TPSA) is 133 Å². The summed E-state index contributed by atoms with van der Waals surface area (Å²) in [6, 6.07) is 23.2. The number of hydrogen-bond acceptors (Lipinski definition) is 8. The van der Waals surface area contributed by atoms with Gasteiger partial charge in [0, 0.05) is 28.2 Å². The number of thiophene rings is 2. The number of pyridine rings is 1. The second-order valence-electron chi connectivity index (χ2n) is 9.52. The van der Waals surface area contributed by atoms with E-state index in [1.54, 1.807) is 54.9 Å². The highest BCUT2D eigenvalue weighted by atomic mass is 79.9. The molecule has 222 valence electrons. The molecule has 0 aliphatic rings. The van der Waals surface area contributed by atoms with Crippen molar-refractivity contribution in [2.24, 2.45) is 5.10 Å². The summed E-state index contributed by atoms with van der Waals surface area (Å²) in [6.07, 6.45) is 1.67. The molecule has 44 heavy (non-hydrogen) atoms. The molecule has 0 radical (unpaired) electrons. The van der Waals surface area contributed by atoms with Crippen molar-refractivity contribution in [3.05, 3.63) is 127 Å². The third kappa shape index (κ3) is 7.64. The molecule has 0 spiro atoms. The van der Waals surface area contributed by atoms with E-state index in [1.807, 2.05) is 42.5 Å². The number of carbonyl (C=O) groups excluding carboxylic acids is 3. The number of carbonyl (C=O) groups is 3. The minimum absolute atomic E-state index is 0.0985. The number of halogens is 1. The number of rotatable bonds is 10. The number of hydrazone groups is 1. The molecule has 2 aromatic carbocycles. The average molecular weight is 689 g/mol. The number of nitrogens with one attached hydrogen (secondary N) is 3. The minimum Gasteiger partial charge on any atom is -0.506 e. The summed E-state index contributed by atoms with van der Waals surface area (Å²) >= 11 is 5.84. The SMILES string of the molecule is C/C(=N\NC(=O)c1ccc(C(=O)NCc2ccc(C(=O)NCc3ccccn3)cc2)s1)c1csc(-c2ccc(Br)cc2)c1O. The largest absolute Gasteiger partial charge is 0.506 e. The van der Waals surface area contributed by atoms with Gasteiger partial charge in [-0.25, -0.2) is 5.43 Å². The van der Waals surface area contributed by atoms with Gasteiger partial charge in [-0.2, -0.15) is 5.10 Å². The lowest BCUT2D eigenvalue weighted by molar-refractivity contribution is 0.0942. The number of hydrogen-bond donors (Lipinski definition) is 4. The number of aromatic hydroxyl groups is 1. The van der Waals surface area contributed by atoms with Crippen LogP contribution in [0.5, 0.6) is 5.75 Å².